The van der Waals surface area contributed by atoms with Gasteiger partial charge in [0.2, 0.25) is 0 Å². The largest absolute Gasteiger partial charge is 0.458 e. The summed E-state index contributed by atoms with van der Waals surface area (Å²) in [4.78, 5) is 29.6. The van der Waals surface area contributed by atoms with Crippen molar-refractivity contribution in [2.45, 2.75) is 59.3 Å². The van der Waals surface area contributed by atoms with Crippen LogP contribution in [0.2, 0.25) is 0 Å². The van der Waals surface area contributed by atoms with E-state index in [9.17, 15) is 19.1 Å². The Balaban J connectivity index is 0.000000796. The van der Waals surface area contributed by atoms with Crippen molar-refractivity contribution in [1.82, 2.24) is 15.7 Å². The lowest BCUT2D eigenvalue weighted by molar-refractivity contribution is -0.157. The SMILES string of the molecule is CC.Cc1c(F)cc2nc3c(c4c2c1CCC4)Cn1c-3cc2c(c1=O)COC(=O)C2O.N. The minimum atomic E-state index is -1.48. The molecule has 0 spiro atoms. The molecule has 7 nitrogen and oxygen atoms in total. The number of esters is 1. The van der Waals surface area contributed by atoms with E-state index in [2.05, 4.69) is 0 Å². The van der Waals surface area contributed by atoms with E-state index in [4.69, 9.17) is 9.72 Å². The number of nitrogens with zero attached hydrogens (tertiary/aromatic N) is 2. The molecule has 2 aliphatic heterocycles. The topological polar surface area (TPSA) is 116 Å². The number of halogens is 1. The molecule has 8 heteroatoms. The van der Waals surface area contributed by atoms with E-state index in [1.807, 2.05) is 13.8 Å². The Labute approximate surface area is 184 Å². The summed E-state index contributed by atoms with van der Waals surface area (Å²) in [6, 6.07) is 3.13. The van der Waals surface area contributed by atoms with Crippen molar-refractivity contribution in [1.29, 1.82) is 0 Å². The maximum atomic E-state index is 14.5. The van der Waals surface area contributed by atoms with Gasteiger partial charge in [-0.15, -0.1) is 0 Å². The van der Waals surface area contributed by atoms with E-state index in [1.165, 1.54) is 6.07 Å². The van der Waals surface area contributed by atoms with E-state index in [1.54, 1.807) is 17.6 Å². The monoisotopic (exact) mass is 439 g/mol. The van der Waals surface area contributed by atoms with Gasteiger partial charge in [-0.05, 0) is 48.9 Å². The quantitative estimate of drug-likeness (QED) is 0.404. The first-order chi connectivity index (χ1) is 15.0. The number of aliphatic hydroxyl groups is 1. The van der Waals surface area contributed by atoms with Crippen LogP contribution in [-0.4, -0.2) is 20.6 Å². The summed E-state index contributed by atoms with van der Waals surface area (Å²) in [6.45, 7) is 6.05. The zero-order valence-corrected chi connectivity index (χ0v) is 18.4. The van der Waals surface area contributed by atoms with Gasteiger partial charge in [0.05, 0.1) is 29.0 Å². The number of cyclic esters (lactones) is 1. The standard InChI is InChI=1S/C22H17FN2O4.C2H6.H3N/c1-9-10-3-2-4-11-13-7-25-17(19(13)24-16(18(10)11)6-15(9)23)5-12-14(21(25)27)8-29-22(28)20(12)26;1-2;/h5-6,20,26H,2-4,7-8H2,1H3;1-2H3;1H3. The summed E-state index contributed by atoms with van der Waals surface area (Å²) in [6.07, 6.45) is 1.12. The molecule has 4 N–H and O–H groups in total. The number of hydrogen-bond acceptors (Lipinski definition) is 6. The van der Waals surface area contributed by atoms with Crippen LogP contribution in [0.15, 0.2) is 16.9 Å². The van der Waals surface area contributed by atoms with Gasteiger partial charge in [-0.2, -0.15) is 0 Å². The van der Waals surface area contributed by atoms with E-state index in [0.717, 1.165) is 41.3 Å². The summed E-state index contributed by atoms with van der Waals surface area (Å²) in [7, 11) is 0. The van der Waals surface area contributed by atoms with Crippen molar-refractivity contribution in [3.8, 4) is 11.4 Å². The third kappa shape index (κ3) is 2.83. The molecule has 1 aliphatic carbocycles. The predicted molar refractivity (Wildman–Crippen MR) is 118 cm³/mol. The minimum Gasteiger partial charge on any atom is -0.458 e. The molecule has 0 saturated carbocycles. The van der Waals surface area contributed by atoms with Crippen molar-refractivity contribution >= 4 is 16.9 Å². The van der Waals surface area contributed by atoms with E-state index < -0.39 is 12.1 Å². The third-order valence-electron chi connectivity index (χ3n) is 6.54. The van der Waals surface area contributed by atoms with E-state index >= 15 is 0 Å². The van der Waals surface area contributed by atoms with E-state index in [0.29, 0.717) is 34.6 Å². The Kier molecular flexibility index (Phi) is 5.38. The molecule has 0 bridgehead atoms. The highest BCUT2D eigenvalue weighted by atomic mass is 19.1. The number of rotatable bonds is 0. The highest BCUT2D eigenvalue weighted by molar-refractivity contribution is 5.92. The molecule has 3 aromatic rings. The number of fused-ring (bicyclic) bond motifs is 5. The number of hydrogen-bond donors (Lipinski definition) is 2. The summed E-state index contributed by atoms with van der Waals surface area (Å²) < 4.78 is 21.1. The van der Waals surface area contributed by atoms with Gasteiger partial charge < -0.3 is 20.6 Å². The van der Waals surface area contributed by atoms with Crippen LogP contribution in [0.1, 0.15) is 59.8 Å². The maximum absolute atomic E-state index is 14.5. The number of carbonyl (C=O) groups excluding carboxylic acids is 1. The molecule has 2 aromatic heterocycles. The van der Waals surface area contributed by atoms with Gasteiger partial charge in [-0.3, -0.25) is 4.79 Å². The maximum Gasteiger partial charge on any atom is 0.340 e. The van der Waals surface area contributed by atoms with E-state index in [-0.39, 0.29) is 29.7 Å². The molecule has 168 valence electrons. The highest BCUT2D eigenvalue weighted by Crippen LogP contribution is 2.41. The number of aryl methyl sites for hydroxylation is 2. The Bertz CT molecular complexity index is 1350. The van der Waals surface area contributed by atoms with Crippen LogP contribution in [0.25, 0.3) is 22.3 Å². The average Bonchev–Trinajstić information content (AvgIpc) is 3.15. The number of ether oxygens (including phenoxy) is 1. The van der Waals surface area contributed by atoms with Gasteiger partial charge in [-0.1, -0.05) is 13.8 Å². The van der Waals surface area contributed by atoms with Crippen molar-refractivity contribution in [3.05, 3.63) is 61.7 Å². The number of carbonyl (C=O) groups is 1. The molecule has 4 heterocycles. The molecule has 6 rings (SSSR count). The molecule has 32 heavy (non-hydrogen) atoms. The fourth-order valence-electron chi connectivity index (χ4n) is 5.06. The fraction of sp³-hybridized carbons (Fsp3) is 0.375. The van der Waals surface area contributed by atoms with Crippen LogP contribution >= 0.6 is 0 Å². The predicted octanol–water partition coefficient (Wildman–Crippen LogP) is 3.64. The molecule has 0 saturated heterocycles. The van der Waals surface area contributed by atoms with Crippen molar-refractivity contribution in [3.63, 3.8) is 0 Å². The van der Waals surface area contributed by atoms with Crippen LogP contribution in [0.5, 0.6) is 0 Å². The summed E-state index contributed by atoms with van der Waals surface area (Å²) in [5, 5.41) is 11.2. The smallest absolute Gasteiger partial charge is 0.340 e. The summed E-state index contributed by atoms with van der Waals surface area (Å²) in [5.41, 5.74) is 5.86. The fourth-order valence-corrected chi connectivity index (χ4v) is 5.06. The molecule has 1 atom stereocenters. The number of aliphatic hydroxyl groups excluding tert-OH is 1. The van der Waals surface area contributed by atoms with Crippen molar-refractivity contribution in [2.75, 3.05) is 0 Å². The zero-order chi connectivity index (χ0) is 22.0. The van der Waals surface area contributed by atoms with Crippen molar-refractivity contribution in [2.24, 2.45) is 0 Å². The van der Waals surface area contributed by atoms with Gasteiger partial charge >= 0.3 is 5.97 Å². The molecule has 3 aliphatic rings. The second-order valence-corrected chi connectivity index (χ2v) is 7.99. The minimum absolute atomic E-state index is 0. The normalized spacial score (nSPS) is 17.4. The van der Waals surface area contributed by atoms with Crippen LogP contribution in [-0.2, 0) is 35.5 Å². The molecule has 0 amide bonds. The van der Waals surface area contributed by atoms with Crippen molar-refractivity contribution < 1.29 is 19.0 Å². The lowest BCUT2D eigenvalue weighted by Crippen LogP contribution is -2.32. The first-order valence-corrected chi connectivity index (χ1v) is 10.7. The molecular formula is C24H26FN3O4. The molecule has 1 unspecified atom stereocenters. The summed E-state index contributed by atoms with van der Waals surface area (Å²) in [5.74, 6) is -1.03. The average molecular weight is 439 g/mol. The number of aromatic nitrogens is 2. The second kappa shape index (κ2) is 7.79. The Morgan fingerprint density at radius 2 is 1.84 bits per heavy atom. The first kappa shape index (κ1) is 22.1. The second-order valence-electron chi connectivity index (χ2n) is 7.99. The van der Waals surface area contributed by atoms with Gasteiger partial charge in [-0.25, -0.2) is 14.2 Å². The van der Waals surface area contributed by atoms with Crippen LogP contribution in [0.3, 0.4) is 0 Å². The van der Waals surface area contributed by atoms with Gasteiger partial charge in [0.25, 0.3) is 5.56 Å². The highest BCUT2D eigenvalue weighted by Gasteiger charge is 2.35. The molecule has 1 aromatic carbocycles. The Morgan fingerprint density at radius 3 is 2.59 bits per heavy atom. The lowest BCUT2D eigenvalue weighted by atomic mass is 9.85. The lowest BCUT2D eigenvalue weighted by Gasteiger charge is -2.22. The van der Waals surface area contributed by atoms with Gasteiger partial charge in [0.15, 0.2) is 6.10 Å². The zero-order valence-electron chi connectivity index (χ0n) is 18.4. The molecule has 0 fully saturated rings. The Morgan fingerprint density at radius 1 is 1.12 bits per heavy atom. The number of pyridine rings is 2. The Hall–Kier alpha value is -3.10. The van der Waals surface area contributed by atoms with Gasteiger partial charge in [0.1, 0.15) is 12.4 Å². The molecular weight excluding hydrogens is 413 g/mol. The van der Waals surface area contributed by atoms with Crippen LogP contribution in [0.4, 0.5) is 4.39 Å². The number of benzene rings is 1. The van der Waals surface area contributed by atoms with Gasteiger partial charge in [0, 0.05) is 22.6 Å². The van der Waals surface area contributed by atoms with Crippen LogP contribution in [0, 0.1) is 12.7 Å². The van der Waals surface area contributed by atoms with Crippen LogP contribution < -0.4 is 11.7 Å². The first-order valence-electron chi connectivity index (χ1n) is 10.7. The third-order valence-corrected chi connectivity index (χ3v) is 6.54. The molecule has 0 radical (unpaired) electrons. The summed E-state index contributed by atoms with van der Waals surface area (Å²) >= 11 is 0.